The third-order valence-electron chi connectivity index (χ3n) is 3.37. The van der Waals surface area contributed by atoms with Crippen molar-refractivity contribution in [3.63, 3.8) is 0 Å². The van der Waals surface area contributed by atoms with Crippen molar-refractivity contribution in [3.8, 4) is 0 Å². The Morgan fingerprint density at radius 2 is 1.89 bits per heavy atom. The van der Waals surface area contributed by atoms with Gasteiger partial charge in [-0.2, -0.15) is 0 Å². The Bertz CT molecular complexity index is 419. The van der Waals surface area contributed by atoms with Crippen molar-refractivity contribution in [1.82, 2.24) is 4.98 Å². The molecular formula is C14H24N2O2S. The third-order valence-corrected chi connectivity index (χ3v) is 4.46. The Labute approximate surface area is 119 Å². The van der Waals surface area contributed by atoms with Crippen LogP contribution in [0.1, 0.15) is 43.1 Å². The molecule has 1 rings (SSSR count). The summed E-state index contributed by atoms with van der Waals surface area (Å²) in [5, 5.41) is 4.14. The molecule has 5 heteroatoms. The highest BCUT2D eigenvalue weighted by molar-refractivity contribution is 7.17. The first-order valence-electron chi connectivity index (χ1n) is 6.66. The van der Waals surface area contributed by atoms with Gasteiger partial charge in [0.25, 0.3) is 0 Å². The molecule has 0 bridgehead atoms. The van der Waals surface area contributed by atoms with E-state index in [1.54, 1.807) is 0 Å². The molecule has 0 aliphatic carbocycles. The van der Waals surface area contributed by atoms with E-state index in [0.717, 1.165) is 17.4 Å². The fourth-order valence-corrected chi connectivity index (χ4v) is 3.09. The molecule has 0 amide bonds. The predicted molar refractivity (Wildman–Crippen MR) is 79.8 cm³/mol. The zero-order valence-electron chi connectivity index (χ0n) is 12.6. The zero-order chi connectivity index (χ0) is 14.6. The molecule has 0 spiro atoms. The van der Waals surface area contributed by atoms with Crippen LogP contribution in [0.4, 0.5) is 5.13 Å². The van der Waals surface area contributed by atoms with Crippen LogP contribution in [-0.4, -0.2) is 24.6 Å². The topological polar surface area (TPSA) is 51.2 Å². The molecule has 108 valence electrons. The van der Waals surface area contributed by atoms with E-state index in [0.29, 0.717) is 22.6 Å². The lowest BCUT2D eigenvalue weighted by molar-refractivity contribution is 0.0605. The van der Waals surface area contributed by atoms with Gasteiger partial charge < -0.3 is 10.1 Å². The smallest absolute Gasteiger partial charge is 0.350 e. The van der Waals surface area contributed by atoms with Crippen molar-refractivity contribution in [2.24, 2.45) is 17.8 Å². The number of anilines is 1. The minimum absolute atomic E-state index is 0.313. The molecular weight excluding hydrogens is 260 g/mol. The Morgan fingerprint density at radius 1 is 1.32 bits per heavy atom. The van der Waals surface area contributed by atoms with Crippen molar-refractivity contribution in [1.29, 1.82) is 0 Å². The minimum Gasteiger partial charge on any atom is -0.465 e. The number of ether oxygens (including phenoxy) is 1. The van der Waals surface area contributed by atoms with Gasteiger partial charge in [0.05, 0.1) is 12.8 Å². The summed E-state index contributed by atoms with van der Waals surface area (Å²) in [6.45, 7) is 11.6. The molecule has 0 fully saturated rings. The van der Waals surface area contributed by atoms with Gasteiger partial charge in [0.1, 0.15) is 4.88 Å². The number of hydrogen-bond acceptors (Lipinski definition) is 5. The van der Waals surface area contributed by atoms with Gasteiger partial charge in [0.15, 0.2) is 5.13 Å². The summed E-state index contributed by atoms with van der Waals surface area (Å²) < 4.78 is 4.74. The molecule has 1 aromatic rings. The zero-order valence-corrected chi connectivity index (χ0v) is 13.4. The quantitative estimate of drug-likeness (QED) is 0.811. The number of carbonyl (C=O) groups is 1. The number of nitrogens with zero attached hydrogens (tertiary/aromatic N) is 1. The van der Waals surface area contributed by atoms with Crippen molar-refractivity contribution in [2.75, 3.05) is 19.0 Å². The minimum atomic E-state index is -0.313. The molecule has 0 radical (unpaired) electrons. The molecule has 0 saturated carbocycles. The molecule has 1 aromatic heterocycles. The molecule has 0 aromatic carbocycles. The maximum atomic E-state index is 11.5. The number of thiazole rings is 1. The number of esters is 1. The molecule has 4 nitrogen and oxygen atoms in total. The van der Waals surface area contributed by atoms with Crippen molar-refractivity contribution < 1.29 is 9.53 Å². The summed E-state index contributed by atoms with van der Waals surface area (Å²) in [5.41, 5.74) is 0.727. The Hall–Kier alpha value is -1.10. The predicted octanol–water partition coefficient (Wildman–Crippen LogP) is 3.58. The maximum Gasteiger partial charge on any atom is 0.350 e. The van der Waals surface area contributed by atoms with E-state index in [1.807, 2.05) is 6.92 Å². The van der Waals surface area contributed by atoms with Gasteiger partial charge in [-0.3, -0.25) is 0 Å². The molecule has 0 saturated heterocycles. The van der Waals surface area contributed by atoms with E-state index in [4.69, 9.17) is 4.74 Å². The highest BCUT2D eigenvalue weighted by Gasteiger charge is 2.19. The van der Waals surface area contributed by atoms with Gasteiger partial charge in [-0.1, -0.05) is 39.0 Å². The number of hydrogen-bond donors (Lipinski definition) is 1. The number of nitrogens with one attached hydrogen (secondary N) is 1. The number of aryl methyl sites for hydroxylation is 1. The summed E-state index contributed by atoms with van der Waals surface area (Å²) in [7, 11) is 1.39. The van der Waals surface area contributed by atoms with Gasteiger partial charge >= 0.3 is 5.97 Å². The Kier molecular flexibility index (Phi) is 5.79. The second-order valence-corrected chi connectivity index (χ2v) is 6.46. The van der Waals surface area contributed by atoms with Crippen LogP contribution in [0, 0.1) is 24.7 Å². The van der Waals surface area contributed by atoms with Gasteiger partial charge in [0, 0.05) is 6.54 Å². The first-order valence-corrected chi connectivity index (χ1v) is 7.48. The van der Waals surface area contributed by atoms with E-state index in [1.165, 1.54) is 18.4 Å². The second kappa shape index (κ2) is 6.89. The molecule has 0 aliphatic heterocycles. The van der Waals surface area contributed by atoms with Crippen molar-refractivity contribution in [3.05, 3.63) is 10.6 Å². The van der Waals surface area contributed by atoms with E-state index in [9.17, 15) is 4.79 Å². The van der Waals surface area contributed by atoms with Crippen LogP contribution in [-0.2, 0) is 4.74 Å². The molecule has 0 atom stereocenters. The fourth-order valence-electron chi connectivity index (χ4n) is 2.20. The summed E-state index contributed by atoms with van der Waals surface area (Å²) in [6.07, 6.45) is 0. The standard InChI is InChI=1S/C14H24N2O2S/c1-8(2)11(9(3)4)7-15-14-16-10(5)12(19-14)13(17)18-6/h8-9,11H,7H2,1-6H3,(H,15,16). The van der Waals surface area contributed by atoms with E-state index >= 15 is 0 Å². The number of aromatic nitrogens is 1. The Balaban J connectivity index is 2.70. The number of rotatable bonds is 6. The molecule has 0 aliphatic rings. The summed E-state index contributed by atoms with van der Waals surface area (Å²) in [4.78, 5) is 16.5. The Morgan fingerprint density at radius 3 is 2.37 bits per heavy atom. The van der Waals surface area contributed by atoms with Gasteiger partial charge in [0.2, 0.25) is 0 Å². The fraction of sp³-hybridized carbons (Fsp3) is 0.714. The second-order valence-electron chi connectivity index (χ2n) is 5.46. The van der Waals surface area contributed by atoms with E-state index in [-0.39, 0.29) is 5.97 Å². The van der Waals surface area contributed by atoms with Crippen LogP contribution in [0.2, 0.25) is 0 Å². The highest BCUT2D eigenvalue weighted by Crippen LogP contribution is 2.25. The summed E-state index contributed by atoms with van der Waals surface area (Å²) in [5.74, 6) is 1.51. The third kappa shape index (κ3) is 4.20. The van der Waals surface area contributed by atoms with E-state index in [2.05, 4.69) is 38.0 Å². The van der Waals surface area contributed by atoms with E-state index < -0.39 is 0 Å². The first kappa shape index (κ1) is 16.0. The lowest BCUT2D eigenvalue weighted by Crippen LogP contribution is -2.24. The average molecular weight is 284 g/mol. The first-order chi connectivity index (χ1) is 8.86. The van der Waals surface area contributed by atoms with Gasteiger partial charge in [-0.15, -0.1) is 0 Å². The molecule has 19 heavy (non-hydrogen) atoms. The number of methoxy groups -OCH3 is 1. The van der Waals surface area contributed by atoms with Crippen molar-refractivity contribution >= 4 is 22.4 Å². The highest BCUT2D eigenvalue weighted by atomic mass is 32.1. The van der Waals surface area contributed by atoms with Crippen LogP contribution in [0.25, 0.3) is 0 Å². The molecule has 1 N–H and O–H groups in total. The monoisotopic (exact) mass is 284 g/mol. The summed E-state index contributed by atoms with van der Waals surface area (Å²) in [6, 6.07) is 0. The van der Waals surface area contributed by atoms with Crippen LogP contribution in [0.15, 0.2) is 0 Å². The van der Waals surface area contributed by atoms with Crippen LogP contribution >= 0.6 is 11.3 Å². The molecule has 0 unspecified atom stereocenters. The normalized spacial score (nSPS) is 11.4. The SMILES string of the molecule is COC(=O)c1sc(NCC(C(C)C)C(C)C)nc1C. The number of carbonyl (C=O) groups excluding carboxylic acids is 1. The van der Waals surface area contributed by atoms with Gasteiger partial charge in [-0.25, -0.2) is 9.78 Å². The lowest BCUT2D eigenvalue weighted by Gasteiger charge is -2.24. The molecule has 1 heterocycles. The van der Waals surface area contributed by atoms with Gasteiger partial charge in [-0.05, 0) is 24.7 Å². The van der Waals surface area contributed by atoms with Crippen LogP contribution < -0.4 is 5.32 Å². The van der Waals surface area contributed by atoms with Crippen LogP contribution in [0.5, 0.6) is 0 Å². The maximum absolute atomic E-state index is 11.5. The van der Waals surface area contributed by atoms with Crippen LogP contribution in [0.3, 0.4) is 0 Å². The lowest BCUT2D eigenvalue weighted by atomic mass is 9.86. The summed E-state index contributed by atoms with van der Waals surface area (Å²) >= 11 is 1.36. The largest absolute Gasteiger partial charge is 0.465 e. The average Bonchev–Trinajstić information content (AvgIpc) is 2.69. The van der Waals surface area contributed by atoms with Crippen molar-refractivity contribution in [2.45, 2.75) is 34.6 Å².